The van der Waals surface area contributed by atoms with Crippen molar-refractivity contribution in [1.29, 1.82) is 0 Å². The van der Waals surface area contributed by atoms with Crippen LogP contribution in [0.2, 0.25) is 0 Å². The SMILES string of the molecule is Cc1cc(N=S(C)(C)=O)cc2ncnc(Cc3ccc(F)cc3OC3CCC(C)(O)CC3)c12. The first-order chi connectivity index (χ1) is 15.5. The normalized spacial score (nSPS) is 21.2. The lowest BCUT2D eigenvalue weighted by Gasteiger charge is -2.33. The van der Waals surface area contributed by atoms with Crippen LogP contribution in [0.5, 0.6) is 5.75 Å². The van der Waals surface area contributed by atoms with Crippen LogP contribution in [0, 0.1) is 12.7 Å². The van der Waals surface area contributed by atoms with E-state index < -0.39 is 15.3 Å². The van der Waals surface area contributed by atoms with Crippen molar-refractivity contribution in [3.8, 4) is 5.75 Å². The third-order valence-corrected chi connectivity index (χ3v) is 6.66. The average Bonchev–Trinajstić information content (AvgIpc) is 2.70. The van der Waals surface area contributed by atoms with Crippen LogP contribution < -0.4 is 4.74 Å². The molecule has 1 saturated carbocycles. The number of hydrogen-bond acceptors (Lipinski definition) is 6. The highest BCUT2D eigenvalue weighted by Crippen LogP contribution is 2.33. The minimum Gasteiger partial charge on any atom is -0.490 e. The lowest BCUT2D eigenvalue weighted by molar-refractivity contribution is -0.0110. The van der Waals surface area contributed by atoms with E-state index in [1.165, 1.54) is 18.5 Å². The van der Waals surface area contributed by atoms with Gasteiger partial charge in [0.05, 0.1) is 28.6 Å². The fraction of sp³-hybridized carbons (Fsp3) is 0.440. The van der Waals surface area contributed by atoms with Crippen LogP contribution in [0.25, 0.3) is 10.9 Å². The standard InChI is InChI=1S/C25H30FN3O3S/c1-16-11-19(29-33(3,4)31)14-22-24(16)21(27-15-28-22)12-17-5-6-18(26)13-23(17)32-20-7-9-25(2,30)10-8-20/h5-6,11,13-15,20,30H,7-10,12H2,1-4H3. The largest absolute Gasteiger partial charge is 0.490 e. The van der Waals surface area contributed by atoms with E-state index in [2.05, 4.69) is 14.3 Å². The van der Waals surface area contributed by atoms with Crippen molar-refractivity contribution < 1.29 is 18.4 Å². The Hall–Kier alpha value is -2.58. The first-order valence-electron chi connectivity index (χ1n) is 11.1. The number of hydrogen-bond donors (Lipinski definition) is 1. The molecule has 4 rings (SSSR count). The van der Waals surface area contributed by atoms with Crippen LogP contribution in [-0.2, 0) is 16.1 Å². The van der Waals surface area contributed by atoms with E-state index in [1.807, 2.05) is 26.0 Å². The molecule has 0 unspecified atom stereocenters. The fourth-order valence-electron chi connectivity index (χ4n) is 4.37. The second kappa shape index (κ2) is 8.99. The summed E-state index contributed by atoms with van der Waals surface area (Å²) < 4.78 is 36.7. The summed E-state index contributed by atoms with van der Waals surface area (Å²) in [5.41, 5.74) is 3.27. The van der Waals surface area contributed by atoms with Crippen molar-refractivity contribution in [3.05, 3.63) is 59.3 Å². The number of aryl methyl sites for hydroxylation is 1. The first kappa shape index (κ1) is 23.6. The summed E-state index contributed by atoms with van der Waals surface area (Å²) in [5, 5.41) is 11.1. The van der Waals surface area contributed by atoms with E-state index in [9.17, 15) is 13.7 Å². The van der Waals surface area contributed by atoms with Crippen molar-refractivity contribution in [2.45, 2.75) is 57.7 Å². The maximum Gasteiger partial charge on any atom is 0.126 e. The second-order valence-electron chi connectivity index (χ2n) is 9.49. The van der Waals surface area contributed by atoms with Gasteiger partial charge in [-0.3, -0.25) is 0 Å². The summed E-state index contributed by atoms with van der Waals surface area (Å²) in [6, 6.07) is 8.29. The molecule has 0 spiro atoms. The molecule has 1 heterocycles. The monoisotopic (exact) mass is 471 g/mol. The molecule has 1 aliphatic carbocycles. The topological polar surface area (TPSA) is 84.7 Å². The number of nitrogens with zero attached hydrogens (tertiary/aromatic N) is 3. The summed E-state index contributed by atoms with van der Waals surface area (Å²) in [6.45, 7) is 3.80. The van der Waals surface area contributed by atoms with Gasteiger partial charge in [-0.05, 0) is 63.3 Å². The Balaban J connectivity index is 1.67. The molecule has 2 aromatic carbocycles. The minimum absolute atomic E-state index is 0.0585. The Kier molecular flexibility index (Phi) is 6.42. The highest BCUT2D eigenvalue weighted by molar-refractivity contribution is 7.92. The van der Waals surface area contributed by atoms with Crippen molar-refractivity contribution in [3.63, 3.8) is 0 Å². The van der Waals surface area contributed by atoms with Crippen molar-refractivity contribution >= 4 is 26.3 Å². The molecule has 176 valence electrons. The lowest BCUT2D eigenvalue weighted by atomic mass is 9.85. The molecule has 1 N–H and O–H groups in total. The molecular weight excluding hydrogens is 441 g/mol. The Morgan fingerprint density at radius 3 is 2.64 bits per heavy atom. The van der Waals surface area contributed by atoms with Gasteiger partial charge in [-0.2, -0.15) is 4.36 Å². The Labute approximate surface area is 194 Å². The minimum atomic E-state index is -2.29. The molecule has 0 aliphatic heterocycles. The number of ether oxygens (including phenoxy) is 1. The zero-order chi connectivity index (χ0) is 23.8. The molecule has 6 nitrogen and oxygen atoms in total. The molecule has 0 amide bonds. The summed E-state index contributed by atoms with van der Waals surface area (Å²) in [5.74, 6) is 0.156. The Bertz CT molecular complexity index is 1300. The number of fused-ring (bicyclic) bond motifs is 1. The Morgan fingerprint density at radius 1 is 1.21 bits per heavy atom. The van der Waals surface area contributed by atoms with Crippen LogP contribution in [0.15, 0.2) is 41.0 Å². The Morgan fingerprint density at radius 2 is 1.94 bits per heavy atom. The highest BCUT2D eigenvalue weighted by atomic mass is 32.2. The highest BCUT2D eigenvalue weighted by Gasteiger charge is 2.30. The molecule has 0 bridgehead atoms. The van der Waals surface area contributed by atoms with Gasteiger partial charge in [-0.1, -0.05) is 6.07 Å². The number of halogens is 1. The number of aromatic nitrogens is 2. The summed E-state index contributed by atoms with van der Waals surface area (Å²) in [4.78, 5) is 8.92. The van der Waals surface area contributed by atoms with Gasteiger partial charge < -0.3 is 9.84 Å². The van der Waals surface area contributed by atoms with E-state index in [4.69, 9.17) is 4.74 Å². The fourth-order valence-corrected chi connectivity index (χ4v) is 4.98. The number of benzene rings is 2. The molecule has 0 radical (unpaired) electrons. The third-order valence-electron chi connectivity index (χ3n) is 6.01. The van der Waals surface area contributed by atoms with Crippen LogP contribution in [0.4, 0.5) is 10.1 Å². The van der Waals surface area contributed by atoms with Gasteiger partial charge in [-0.15, -0.1) is 0 Å². The zero-order valence-corrected chi connectivity index (χ0v) is 20.3. The number of aliphatic hydroxyl groups is 1. The van der Waals surface area contributed by atoms with E-state index in [0.717, 1.165) is 40.6 Å². The van der Waals surface area contributed by atoms with Gasteiger partial charge in [0, 0.05) is 45.7 Å². The number of rotatable bonds is 5. The van der Waals surface area contributed by atoms with E-state index >= 15 is 0 Å². The van der Waals surface area contributed by atoms with Crippen molar-refractivity contribution in [2.24, 2.45) is 4.36 Å². The van der Waals surface area contributed by atoms with E-state index in [0.29, 0.717) is 30.7 Å². The van der Waals surface area contributed by atoms with Crippen molar-refractivity contribution in [1.82, 2.24) is 9.97 Å². The predicted octanol–water partition coefficient (Wildman–Crippen LogP) is 5.10. The van der Waals surface area contributed by atoms with Gasteiger partial charge in [0.15, 0.2) is 0 Å². The first-order valence-corrected chi connectivity index (χ1v) is 13.4. The molecule has 33 heavy (non-hydrogen) atoms. The maximum absolute atomic E-state index is 14.1. The second-order valence-corrected chi connectivity index (χ2v) is 12.0. The molecule has 1 fully saturated rings. The smallest absolute Gasteiger partial charge is 0.126 e. The van der Waals surface area contributed by atoms with Crippen LogP contribution in [0.1, 0.15) is 49.4 Å². The van der Waals surface area contributed by atoms with Crippen molar-refractivity contribution in [2.75, 3.05) is 12.5 Å². The lowest BCUT2D eigenvalue weighted by Crippen LogP contribution is -2.35. The third kappa shape index (κ3) is 5.86. The van der Waals surface area contributed by atoms with Gasteiger partial charge in [0.1, 0.15) is 17.9 Å². The maximum atomic E-state index is 14.1. The van der Waals surface area contributed by atoms with Gasteiger partial charge in [0.25, 0.3) is 0 Å². The molecule has 0 saturated heterocycles. The molecule has 3 aromatic rings. The van der Waals surface area contributed by atoms with Gasteiger partial charge in [-0.25, -0.2) is 18.6 Å². The quantitative estimate of drug-likeness (QED) is 0.560. The molecule has 0 atom stereocenters. The molecule has 1 aromatic heterocycles. The van der Waals surface area contributed by atoms with E-state index in [-0.39, 0.29) is 11.9 Å². The molecular formula is C25H30FN3O3S. The zero-order valence-electron chi connectivity index (χ0n) is 19.5. The average molecular weight is 472 g/mol. The molecule has 8 heteroatoms. The summed E-state index contributed by atoms with van der Waals surface area (Å²) in [7, 11) is -2.29. The predicted molar refractivity (Wildman–Crippen MR) is 129 cm³/mol. The van der Waals surface area contributed by atoms with Gasteiger partial charge >= 0.3 is 0 Å². The van der Waals surface area contributed by atoms with Crippen LogP contribution >= 0.6 is 0 Å². The van der Waals surface area contributed by atoms with E-state index in [1.54, 1.807) is 18.6 Å². The van der Waals surface area contributed by atoms with Gasteiger partial charge in [0.2, 0.25) is 0 Å². The molecule has 1 aliphatic rings. The summed E-state index contributed by atoms with van der Waals surface area (Å²) >= 11 is 0. The summed E-state index contributed by atoms with van der Waals surface area (Å²) in [6.07, 6.45) is 7.87. The van der Waals surface area contributed by atoms with Crippen LogP contribution in [0.3, 0.4) is 0 Å². The van der Waals surface area contributed by atoms with Crippen LogP contribution in [-0.4, -0.2) is 43.5 Å².